The number of hydrogen-bond acceptors (Lipinski definition) is 7. The maximum absolute atomic E-state index is 12.7. The lowest BCUT2D eigenvalue weighted by molar-refractivity contribution is -0.113. The molecule has 2 aliphatic carbocycles. The van der Waals surface area contributed by atoms with Crippen molar-refractivity contribution in [2.24, 2.45) is 5.92 Å². The fraction of sp³-hybridized carbons (Fsp3) is 0.652. The van der Waals surface area contributed by atoms with Gasteiger partial charge in [0, 0.05) is 17.8 Å². The van der Waals surface area contributed by atoms with Crippen molar-refractivity contribution in [3.8, 4) is 0 Å². The molecule has 0 spiro atoms. The monoisotopic (exact) mass is 476 g/mol. The second-order valence-electron chi connectivity index (χ2n) is 8.47. The van der Waals surface area contributed by atoms with Crippen LogP contribution in [0.15, 0.2) is 5.16 Å². The van der Waals surface area contributed by atoms with E-state index in [9.17, 15) is 9.59 Å². The van der Waals surface area contributed by atoms with Gasteiger partial charge in [-0.25, -0.2) is 4.79 Å². The van der Waals surface area contributed by atoms with Gasteiger partial charge in [-0.05, 0) is 44.6 Å². The van der Waals surface area contributed by atoms with Crippen molar-refractivity contribution < 1.29 is 14.3 Å². The SMILES string of the molecule is CCOC(=O)c1c(NC(=O)CSc2nnc(CC3CCCCC3)n2CC)sc2c1CCC2. The van der Waals surface area contributed by atoms with E-state index in [-0.39, 0.29) is 17.6 Å². The number of nitrogens with zero attached hydrogens (tertiary/aromatic N) is 3. The van der Waals surface area contributed by atoms with Gasteiger partial charge in [0.2, 0.25) is 5.91 Å². The lowest BCUT2D eigenvalue weighted by Gasteiger charge is -2.21. The molecule has 174 valence electrons. The molecule has 1 saturated carbocycles. The summed E-state index contributed by atoms with van der Waals surface area (Å²) in [6, 6.07) is 0. The van der Waals surface area contributed by atoms with Gasteiger partial charge in [0.1, 0.15) is 10.8 Å². The van der Waals surface area contributed by atoms with Crippen molar-refractivity contribution in [2.45, 2.75) is 83.3 Å². The topological polar surface area (TPSA) is 86.1 Å². The summed E-state index contributed by atoms with van der Waals surface area (Å²) in [5.74, 6) is 1.47. The van der Waals surface area contributed by atoms with Crippen LogP contribution < -0.4 is 5.32 Å². The number of carbonyl (C=O) groups excluding carboxylic acids is 2. The van der Waals surface area contributed by atoms with Crippen LogP contribution in [0.4, 0.5) is 5.00 Å². The molecule has 0 aliphatic heterocycles. The number of thiophene rings is 1. The zero-order valence-corrected chi connectivity index (χ0v) is 20.6. The van der Waals surface area contributed by atoms with Gasteiger partial charge in [-0.1, -0.05) is 43.9 Å². The molecule has 32 heavy (non-hydrogen) atoms. The van der Waals surface area contributed by atoms with Crippen LogP contribution in [0, 0.1) is 5.92 Å². The average molecular weight is 477 g/mol. The van der Waals surface area contributed by atoms with Gasteiger partial charge >= 0.3 is 5.97 Å². The van der Waals surface area contributed by atoms with Gasteiger partial charge in [-0.2, -0.15) is 0 Å². The van der Waals surface area contributed by atoms with Crippen molar-refractivity contribution in [3.05, 3.63) is 21.8 Å². The van der Waals surface area contributed by atoms with Crippen LogP contribution >= 0.6 is 23.1 Å². The molecule has 0 atom stereocenters. The quantitative estimate of drug-likeness (QED) is 0.410. The Bertz CT molecular complexity index is 963. The van der Waals surface area contributed by atoms with E-state index in [2.05, 4.69) is 27.0 Å². The van der Waals surface area contributed by atoms with E-state index in [4.69, 9.17) is 4.74 Å². The first-order valence-corrected chi connectivity index (χ1v) is 13.6. The molecular formula is C23H32N4O3S2. The van der Waals surface area contributed by atoms with Crippen molar-refractivity contribution in [1.29, 1.82) is 0 Å². The molecular weight excluding hydrogens is 444 g/mol. The van der Waals surface area contributed by atoms with Gasteiger partial charge < -0.3 is 14.6 Å². The Morgan fingerprint density at radius 2 is 1.97 bits per heavy atom. The van der Waals surface area contributed by atoms with Crippen LogP contribution in [-0.4, -0.2) is 39.0 Å². The summed E-state index contributed by atoms with van der Waals surface area (Å²) in [4.78, 5) is 26.4. The number of thioether (sulfide) groups is 1. The molecule has 2 aromatic heterocycles. The molecule has 0 unspecified atom stereocenters. The molecule has 1 N–H and O–H groups in total. The van der Waals surface area contributed by atoms with Crippen LogP contribution in [0.5, 0.6) is 0 Å². The molecule has 1 fully saturated rings. The summed E-state index contributed by atoms with van der Waals surface area (Å²) in [5, 5.41) is 13.2. The number of nitrogens with one attached hydrogen (secondary N) is 1. The molecule has 2 aliphatic rings. The van der Waals surface area contributed by atoms with Crippen molar-refractivity contribution in [3.63, 3.8) is 0 Å². The summed E-state index contributed by atoms with van der Waals surface area (Å²) in [7, 11) is 0. The fourth-order valence-electron chi connectivity index (χ4n) is 4.75. The third-order valence-corrected chi connectivity index (χ3v) is 8.47. The van der Waals surface area contributed by atoms with Crippen LogP contribution in [0.3, 0.4) is 0 Å². The fourth-order valence-corrected chi connectivity index (χ4v) is 6.86. The maximum atomic E-state index is 12.7. The van der Waals surface area contributed by atoms with Gasteiger partial charge in [0.15, 0.2) is 5.16 Å². The maximum Gasteiger partial charge on any atom is 0.341 e. The molecule has 2 aromatic rings. The minimum absolute atomic E-state index is 0.139. The first kappa shape index (κ1) is 23.3. The second-order valence-corrected chi connectivity index (χ2v) is 10.5. The minimum Gasteiger partial charge on any atom is -0.462 e. The van der Waals surface area contributed by atoms with Gasteiger partial charge in [0.25, 0.3) is 0 Å². The number of anilines is 1. The van der Waals surface area contributed by atoms with Crippen LogP contribution in [0.25, 0.3) is 0 Å². The molecule has 0 saturated heterocycles. The Hall–Kier alpha value is -1.87. The number of hydrogen-bond donors (Lipinski definition) is 1. The molecule has 2 heterocycles. The highest BCUT2D eigenvalue weighted by Gasteiger charge is 2.28. The number of aryl methyl sites for hydroxylation is 1. The van der Waals surface area contributed by atoms with E-state index in [1.807, 2.05) is 0 Å². The third-order valence-electron chi connectivity index (χ3n) is 6.29. The number of amides is 1. The Labute approximate surface area is 197 Å². The number of esters is 1. The standard InChI is InChI=1S/C23H32N4O3S2/c1-3-27-18(13-15-9-6-5-7-10-15)25-26-23(27)31-14-19(28)24-21-20(22(29)30-4-2)16-11-8-12-17(16)32-21/h15H,3-14H2,1-2H3,(H,24,28). The average Bonchev–Trinajstić information content (AvgIpc) is 3.47. The minimum atomic E-state index is -0.340. The Balaban J connectivity index is 1.39. The third kappa shape index (κ3) is 5.20. The summed E-state index contributed by atoms with van der Waals surface area (Å²) in [5.41, 5.74) is 1.60. The Kier molecular flexibility index (Phi) is 7.88. The molecule has 0 bridgehead atoms. The van der Waals surface area contributed by atoms with E-state index in [1.165, 1.54) is 60.1 Å². The second kappa shape index (κ2) is 10.8. The smallest absolute Gasteiger partial charge is 0.341 e. The van der Waals surface area contributed by atoms with Crippen LogP contribution in [0.2, 0.25) is 0 Å². The van der Waals surface area contributed by atoms with E-state index >= 15 is 0 Å². The highest BCUT2D eigenvalue weighted by atomic mass is 32.2. The molecule has 1 amide bonds. The zero-order valence-electron chi connectivity index (χ0n) is 18.9. The predicted molar refractivity (Wildman–Crippen MR) is 128 cm³/mol. The first-order valence-electron chi connectivity index (χ1n) is 11.8. The Morgan fingerprint density at radius 1 is 1.16 bits per heavy atom. The van der Waals surface area contributed by atoms with Crippen LogP contribution in [-0.2, 0) is 35.3 Å². The summed E-state index contributed by atoms with van der Waals surface area (Å²) < 4.78 is 7.38. The predicted octanol–water partition coefficient (Wildman–Crippen LogP) is 4.88. The first-order chi connectivity index (χ1) is 15.6. The molecule has 4 rings (SSSR count). The van der Waals surface area contributed by atoms with Gasteiger partial charge in [-0.3, -0.25) is 4.79 Å². The highest BCUT2D eigenvalue weighted by Crippen LogP contribution is 2.39. The zero-order chi connectivity index (χ0) is 22.5. The van der Waals surface area contributed by atoms with E-state index in [0.717, 1.165) is 48.8 Å². The lowest BCUT2D eigenvalue weighted by Crippen LogP contribution is -2.17. The van der Waals surface area contributed by atoms with Crippen molar-refractivity contribution >= 4 is 40.0 Å². The summed E-state index contributed by atoms with van der Waals surface area (Å²) in [6.45, 7) is 5.01. The van der Waals surface area contributed by atoms with Crippen LogP contribution in [0.1, 0.15) is 79.0 Å². The molecule has 0 radical (unpaired) electrons. The number of ether oxygens (including phenoxy) is 1. The normalized spacial score (nSPS) is 16.2. The van der Waals surface area contributed by atoms with Gasteiger partial charge in [0.05, 0.1) is 17.9 Å². The van der Waals surface area contributed by atoms with E-state index in [0.29, 0.717) is 23.1 Å². The Morgan fingerprint density at radius 3 is 2.72 bits per heavy atom. The number of aromatic nitrogens is 3. The van der Waals surface area contributed by atoms with E-state index in [1.54, 1.807) is 6.92 Å². The van der Waals surface area contributed by atoms with E-state index < -0.39 is 0 Å². The van der Waals surface area contributed by atoms with Crippen molar-refractivity contribution in [1.82, 2.24) is 14.8 Å². The number of carbonyl (C=O) groups is 2. The number of fused-ring (bicyclic) bond motifs is 1. The summed E-state index contributed by atoms with van der Waals surface area (Å²) in [6.07, 6.45) is 10.4. The highest BCUT2D eigenvalue weighted by molar-refractivity contribution is 7.99. The number of rotatable bonds is 9. The summed E-state index contributed by atoms with van der Waals surface area (Å²) >= 11 is 2.91. The largest absolute Gasteiger partial charge is 0.462 e. The molecule has 0 aromatic carbocycles. The lowest BCUT2D eigenvalue weighted by atomic mass is 9.87. The van der Waals surface area contributed by atoms with Crippen molar-refractivity contribution in [2.75, 3.05) is 17.7 Å². The molecule has 9 heteroatoms. The molecule has 7 nitrogen and oxygen atoms in total. The van der Waals surface area contributed by atoms with Gasteiger partial charge in [-0.15, -0.1) is 21.5 Å².